The molecule has 1 amide bonds. The fourth-order valence-electron chi connectivity index (χ4n) is 1.87. The van der Waals surface area contributed by atoms with Gasteiger partial charge >= 0.3 is 0 Å². The van der Waals surface area contributed by atoms with Crippen molar-refractivity contribution in [1.82, 2.24) is 10.3 Å². The van der Waals surface area contributed by atoms with Gasteiger partial charge in [-0.1, -0.05) is 6.92 Å². The Morgan fingerprint density at radius 1 is 1.35 bits per heavy atom. The Hall–Kier alpha value is -1.24. The summed E-state index contributed by atoms with van der Waals surface area (Å²) in [5.74, 6) is -0.0707. The molecule has 2 aromatic rings. The van der Waals surface area contributed by atoms with Gasteiger partial charge in [-0.05, 0) is 33.0 Å². The van der Waals surface area contributed by atoms with Crippen molar-refractivity contribution in [2.75, 3.05) is 18.9 Å². The van der Waals surface area contributed by atoms with E-state index in [9.17, 15) is 4.79 Å². The van der Waals surface area contributed by atoms with Crippen molar-refractivity contribution in [3.8, 4) is 10.6 Å². The van der Waals surface area contributed by atoms with Crippen LogP contribution in [0.1, 0.15) is 16.7 Å². The third kappa shape index (κ3) is 3.45. The molecule has 0 fully saturated rings. The van der Waals surface area contributed by atoms with Crippen LogP contribution in [0.25, 0.3) is 10.6 Å². The Kier molecular flexibility index (Phi) is 4.91. The molecule has 0 bridgehead atoms. The molecule has 4 nitrogen and oxygen atoms in total. The van der Waals surface area contributed by atoms with Crippen molar-refractivity contribution in [2.24, 2.45) is 5.92 Å². The van der Waals surface area contributed by atoms with Gasteiger partial charge in [0, 0.05) is 22.2 Å². The zero-order chi connectivity index (χ0) is 14.7. The molecule has 0 saturated carbocycles. The lowest BCUT2D eigenvalue weighted by molar-refractivity contribution is -0.119. The second-order valence-corrected chi connectivity index (χ2v) is 7.27. The topological polar surface area (TPSA) is 54.0 Å². The number of rotatable bonds is 5. The van der Waals surface area contributed by atoms with E-state index in [0.717, 1.165) is 15.4 Å². The number of anilines is 1. The van der Waals surface area contributed by atoms with Crippen LogP contribution in [0.5, 0.6) is 0 Å². The average molecular weight is 309 g/mol. The highest BCUT2D eigenvalue weighted by molar-refractivity contribution is 7.18. The second-order valence-electron chi connectivity index (χ2n) is 4.78. The minimum absolute atomic E-state index is 0.00186. The number of carbonyl (C=O) groups excluding carboxylic acids is 1. The Morgan fingerprint density at radius 3 is 2.70 bits per heavy atom. The molecule has 1 unspecified atom stereocenters. The zero-order valence-electron chi connectivity index (χ0n) is 12.1. The van der Waals surface area contributed by atoms with Crippen LogP contribution in [0.2, 0.25) is 0 Å². The molecule has 2 aromatic heterocycles. The molecule has 6 heteroatoms. The highest BCUT2D eigenvalue weighted by atomic mass is 32.1. The summed E-state index contributed by atoms with van der Waals surface area (Å²) in [6.07, 6.45) is 0. The Morgan fingerprint density at radius 2 is 2.10 bits per heavy atom. The van der Waals surface area contributed by atoms with Gasteiger partial charge < -0.3 is 10.6 Å². The quantitative estimate of drug-likeness (QED) is 0.891. The standard InChI is InChI=1S/C14H19N3OS2/c1-8(7-15-4)13(18)17-14-16-12(10(3)20-14)11-6-5-9(2)19-11/h5-6,8,15H,7H2,1-4H3,(H,16,17,18). The van der Waals surface area contributed by atoms with E-state index in [1.807, 2.05) is 20.9 Å². The molecule has 0 aliphatic rings. The van der Waals surface area contributed by atoms with E-state index in [0.29, 0.717) is 11.7 Å². The van der Waals surface area contributed by atoms with Gasteiger partial charge in [0.2, 0.25) is 5.91 Å². The molecule has 0 aromatic carbocycles. The molecule has 2 rings (SSSR count). The maximum Gasteiger partial charge on any atom is 0.230 e. The SMILES string of the molecule is CNCC(C)C(=O)Nc1nc(-c2ccc(C)s2)c(C)s1. The van der Waals surface area contributed by atoms with Crippen LogP contribution in [-0.4, -0.2) is 24.5 Å². The van der Waals surface area contributed by atoms with Crippen LogP contribution in [0, 0.1) is 19.8 Å². The van der Waals surface area contributed by atoms with Gasteiger partial charge in [-0.3, -0.25) is 4.79 Å². The normalized spacial score (nSPS) is 12.4. The highest BCUT2D eigenvalue weighted by Crippen LogP contribution is 2.34. The fraction of sp³-hybridized carbons (Fsp3) is 0.429. The second kappa shape index (κ2) is 6.47. The summed E-state index contributed by atoms with van der Waals surface area (Å²) in [5.41, 5.74) is 0.977. The molecule has 0 aliphatic carbocycles. The van der Waals surface area contributed by atoms with Gasteiger partial charge in [0.1, 0.15) is 0 Å². The number of hydrogen-bond donors (Lipinski definition) is 2. The van der Waals surface area contributed by atoms with Gasteiger partial charge in [-0.15, -0.1) is 22.7 Å². The molecule has 2 heterocycles. The maximum atomic E-state index is 12.0. The van der Waals surface area contributed by atoms with Crippen molar-refractivity contribution in [3.63, 3.8) is 0 Å². The van der Waals surface area contributed by atoms with Crippen LogP contribution in [0.15, 0.2) is 12.1 Å². The summed E-state index contributed by atoms with van der Waals surface area (Å²) < 4.78 is 0. The number of carbonyl (C=O) groups is 1. The summed E-state index contributed by atoms with van der Waals surface area (Å²) in [7, 11) is 1.84. The van der Waals surface area contributed by atoms with Gasteiger partial charge in [-0.2, -0.15) is 0 Å². The predicted molar refractivity (Wildman–Crippen MR) is 86.6 cm³/mol. The lowest BCUT2D eigenvalue weighted by Gasteiger charge is -2.09. The first-order valence-corrected chi connectivity index (χ1v) is 8.14. The minimum Gasteiger partial charge on any atom is -0.319 e. The number of nitrogens with one attached hydrogen (secondary N) is 2. The number of aromatic nitrogens is 1. The molecule has 0 spiro atoms. The number of thiazole rings is 1. The van der Waals surface area contributed by atoms with E-state index in [-0.39, 0.29) is 11.8 Å². The highest BCUT2D eigenvalue weighted by Gasteiger charge is 2.16. The summed E-state index contributed by atoms with van der Waals surface area (Å²) in [6.45, 7) is 6.68. The third-order valence-corrected chi connectivity index (χ3v) is 4.85. The molecule has 108 valence electrons. The summed E-state index contributed by atoms with van der Waals surface area (Å²) in [6, 6.07) is 4.17. The van der Waals surface area contributed by atoms with Gasteiger partial charge in [0.15, 0.2) is 5.13 Å². The number of aryl methyl sites for hydroxylation is 2. The van der Waals surface area contributed by atoms with Crippen molar-refractivity contribution >= 4 is 33.7 Å². The fourth-order valence-corrected chi connectivity index (χ4v) is 3.68. The maximum absolute atomic E-state index is 12.0. The number of thiophene rings is 1. The number of nitrogens with zero attached hydrogens (tertiary/aromatic N) is 1. The van der Waals surface area contributed by atoms with Crippen LogP contribution >= 0.6 is 22.7 Å². The largest absolute Gasteiger partial charge is 0.319 e. The number of hydrogen-bond acceptors (Lipinski definition) is 5. The monoisotopic (exact) mass is 309 g/mol. The van der Waals surface area contributed by atoms with Gasteiger partial charge in [0.25, 0.3) is 0 Å². The summed E-state index contributed by atoms with van der Waals surface area (Å²) >= 11 is 3.25. The first-order chi connectivity index (χ1) is 9.51. The van der Waals surface area contributed by atoms with Gasteiger partial charge in [-0.25, -0.2) is 4.98 Å². The van der Waals surface area contributed by atoms with E-state index >= 15 is 0 Å². The minimum atomic E-state index is -0.0726. The first kappa shape index (κ1) is 15.2. The van der Waals surface area contributed by atoms with Crippen molar-refractivity contribution in [2.45, 2.75) is 20.8 Å². The third-order valence-electron chi connectivity index (χ3n) is 2.96. The lowest BCUT2D eigenvalue weighted by atomic mass is 10.2. The summed E-state index contributed by atoms with van der Waals surface area (Å²) in [5, 5.41) is 6.58. The smallest absolute Gasteiger partial charge is 0.230 e. The van der Waals surface area contributed by atoms with Crippen LogP contribution < -0.4 is 10.6 Å². The zero-order valence-corrected chi connectivity index (χ0v) is 13.7. The lowest BCUT2D eigenvalue weighted by Crippen LogP contribution is -2.28. The van der Waals surface area contributed by atoms with Crippen LogP contribution in [-0.2, 0) is 4.79 Å². The molecular weight excluding hydrogens is 290 g/mol. The predicted octanol–water partition coefficient (Wildman–Crippen LogP) is 3.28. The molecule has 0 radical (unpaired) electrons. The first-order valence-electron chi connectivity index (χ1n) is 6.51. The Labute approximate surface area is 127 Å². The van der Waals surface area contributed by atoms with E-state index in [2.05, 4.69) is 34.7 Å². The van der Waals surface area contributed by atoms with E-state index < -0.39 is 0 Å². The molecule has 2 N–H and O–H groups in total. The van der Waals surface area contributed by atoms with Crippen LogP contribution in [0.3, 0.4) is 0 Å². The number of amides is 1. The van der Waals surface area contributed by atoms with E-state index in [1.54, 1.807) is 11.3 Å². The van der Waals surface area contributed by atoms with Crippen molar-refractivity contribution in [3.05, 3.63) is 21.9 Å². The molecule has 0 saturated heterocycles. The molecule has 1 atom stereocenters. The molecule has 0 aliphatic heterocycles. The van der Waals surface area contributed by atoms with Crippen molar-refractivity contribution in [1.29, 1.82) is 0 Å². The Balaban J connectivity index is 2.13. The molecule has 20 heavy (non-hydrogen) atoms. The van der Waals surface area contributed by atoms with Crippen LogP contribution in [0.4, 0.5) is 5.13 Å². The van der Waals surface area contributed by atoms with E-state index in [1.165, 1.54) is 16.2 Å². The summed E-state index contributed by atoms with van der Waals surface area (Å²) in [4.78, 5) is 20.1. The van der Waals surface area contributed by atoms with Gasteiger partial charge in [0.05, 0.1) is 10.6 Å². The molecular formula is C14H19N3OS2. The Bertz CT molecular complexity index is 603. The average Bonchev–Trinajstić information content (AvgIpc) is 2.96. The van der Waals surface area contributed by atoms with E-state index in [4.69, 9.17) is 0 Å². The van der Waals surface area contributed by atoms with Crippen molar-refractivity contribution < 1.29 is 4.79 Å².